The molecule has 1 aromatic carbocycles. The van der Waals surface area contributed by atoms with Gasteiger partial charge < -0.3 is 10.0 Å². The summed E-state index contributed by atoms with van der Waals surface area (Å²) in [6.07, 6.45) is 1.82. The second-order valence-corrected chi connectivity index (χ2v) is 6.62. The molecule has 0 bridgehead atoms. The molecule has 1 aromatic rings. The van der Waals surface area contributed by atoms with Crippen LogP contribution in [0.2, 0.25) is 0 Å². The SMILES string of the molecule is CCCN(CCN(C)C)C1CC(C)c2ccccc2C1O. The van der Waals surface area contributed by atoms with Gasteiger partial charge in [-0.3, -0.25) is 4.90 Å². The van der Waals surface area contributed by atoms with Gasteiger partial charge in [-0.15, -0.1) is 0 Å². The minimum Gasteiger partial charge on any atom is -0.387 e. The summed E-state index contributed by atoms with van der Waals surface area (Å²) in [5.41, 5.74) is 2.46. The van der Waals surface area contributed by atoms with Crippen LogP contribution in [0, 0.1) is 0 Å². The molecular formula is C18H30N2O. The highest BCUT2D eigenvalue weighted by molar-refractivity contribution is 5.35. The predicted molar refractivity (Wildman–Crippen MR) is 88.6 cm³/mol. The number of aliphatic hydroxyl groups excluding tert-OH is 1. The minimum absolute atomic E-state index is 0.245. The first-order chi connectivity index (χ1) is 10.0. The zero-order chi connectivity index (χ0) is 15.4. The maximum Gasteiger partial charge on any atom is 0.0948 e. The van der Waals surface area contributed by atoms with Gasteiger partial charge in [0.15, 0.2) is 0 Å². The normalized spacial score (nSPS) is 25.4. The first-order valence-corrected chi connectivity index (χ1v) is 8.20. The van der Waals surface area contributed by atoms with Gasteiger partial charge in [0.2, 0.25) is 0 Å². The third kappa shape index (κ3) is 3.85. The highest BCUT2D eigenvalue weighted by Gasteiger charge is 2.34. The molecule has 118 valence electrons. The Morgan fingerprint density at radius 2 is 1.76 bits per heavy atom. The average Bonchev–Trinajstić information content (AvgIpc) is 2.47. The lowest BCUT2D eigenvalue weighted by atomic mass is 9.78. The van der Waals surface area contributed by atoms with E-state index < -0.39 is 0 Å². The molecule has 0 aliphatic heterocycles. The number of aliphatic hydroxyl groups is 1. The van der Waals surface area contributed by atoms with Gasteiger partial charge in [0.25, 0.3) is 0 Å². The number of hydrogen-bond donors (Lipinski definition) is 1. The van der Waals surface area contributed by atoms with Crippen molar-refractivity contribution >= 4 is 0 Å². The molecule has 0 fully saturated rings. The van der Waals surface area contributed by atoms with Crippen LogP contribution < -0.4 is 0 Å². The quantitative estimate of drug-likeness (QED) is 0.873. The number of nitrogens with zero attached hydrogens (tertiary/aromatic N) is 2. The van der Waals surface area contributed by atoms with E-state index in [0.717, 1.165) is 38.0 Å². The summed E-state index contributed by atoms with van der Waals surface area (Å²) in [4.78, 5) is 4.70. The van der Waals surface area contributed by atoms with E-state index in [1.54, 1.807) is 0 Å². The van der Waals surface area contributed by atoms with Gasteiger partial charge in [-0.05, 0) is 50.5 Å². The van der Waals surface area contributed by atoms with E-state index in [-0.39, 0.29) is 12.1 Å². The van der Waals surface area contributed by atoms with Crippen molar-refractivity contribution in [2.24, 2.45) is 0 Å². The van der Waals surface area contributed by atoms with Crippen molar-refractivity contribution in [3.05, 3.63) is 35.4 Å². The van der Waals surface area contributed by atoms with Gasteiger partial charge >= 0.3 is 0 Å². The van der Waals surface area contributed by atoms with Crippen LogP contribution in [0.25, 0.3) is 0 Å². The Kier molecular flexibility index (Phi) is 5.80. The molecule has 21 heavy (non-hydrogen) atoms. The highest BCUT2D eigenvalue weighted by Crippen LogP contribution is 2.39. The van der Waals surface area contributed by atoms with Crippen molar-refractivity contribution in [1.82, 2.24) is 9.80 Å². The highest BCUT2D eigenvalue weighted by atomic mass is 16.3. The standard InChI is InChI=1S/C18H30N2O/c1-5-10-20(12-11-19(3)4)17-13-14(2)15-8-6-7-9-16(15)18(17)21/h6-9,14,17-18,21H,5,10-13H2,1-4H3. The van der Waals surface area contributed by atoms with Crippen LogP contribution in [-0.4, -0.2) is 54.7 Å². The van der Waals surface area contributed by atoms with Crippen LogP contribution >= 0.6 is 0 Å². The zero-order valence-corrected chi connectivity index (χ0v) is 13.9. The largest absolute Gasteiger partial charge is 0.387 e. The average molecular weight is 290 g/mol. The number of likely N-dealkylation sites (N-methyl/N-ethyl adjacent to an activating group) is 1. The predicted octanol–water partition coefficient (Wildman–Crippen LogP) is 2.87. The lowest BCUT2D eigenvalue weighted by Crippen LogP contribution is -2.46. The molecule has 0 heterocycles. The number of benzene rings is 1. The summed E-state index contributed by atoms with van der Waals surface area (Å²) in [7, 11) is 4.22. The van der Waals surface area contributed by atoms with Crippen LogP contribution in [0.4, 0.5) is 0 Å². The van der Waals surface area contributed by atoms with E-state index in [1.807, 2.05) is 6.07 Å². The Morgan fingerprint density at radius 1 is 1.10 bits per heavy atom. The van der Waals surface area contributed by atoms with Crippen LogP contribution in [0.3, 0.4) is 0 Å². The molecule has 3 heteroatoms. The molecule has 0 spiro atoms. The maximum atomic E-state index is 10.8. The fourth-order valence-corrected chi connectivity index (χ4v) is 3.46. The first kappa shape index (κ1) is 16.5. The first-order valence-electron chi connectivity index (χ1n) is 8.20. The molecule has 1 aliphatic rings. The van der Waals surface area contributed by atoms with Gasteiger partial charge in [-0.1, -0.05) is 38.1 Å². The van der Waals surface area contributed by atoms with E-state index in [4.69, 9.17) is 0 Å². The third-order valence-electron chi connectivity index (χ3n) is 4.62. The van der Waals surface area contributed by atoms with Crippen LogP contribution in [-0.2, 0) is 0 Å². The van der Waals surface area contributed by atoms with Crippen molar-refractivity contribution in [2.75, 3.05) is 33.7 Å². The fraction of sp³-hybridized carbons (Fsp3) is 0.667. The zero-order valence-electron chi connectivity index (χ0n) is 13.9. The summed E-state index contributed by atoms with van der Waals surface area (Å²) in [6, 6.07) is 8.64. The molecule has 0 amide bonds. The Balaban J connectivity index is 2.18. The molecule has 1 N–H and O–H groups in total. The summed E-state index contributed by atoms with van der Waals surface area (Å²) >= 11 is 0. The van der Waals surface area contributed by atoms with Crippen LogP contribution in [0.5, 0.6) is 0 Å². The Labute approximate surface area is 129 Å². The van der Waals surface area contributed by atoms with Gasteiger partial charge in [0.05, 0.1) is 6.10 Å². The number of hydrogen-bond acceptors (Lipinski definition) is 3. The number of rotatable bonds is 6. The Morgan fingerprint density at radius 3 is 2.38 bits per heavy atom. The third-order valence-corrected chi connectivity index (χ3v) is 4.62. The minimum atomic E-state index is -0.355. The molecular weight excluding hydrogens is 260 g/mol. The molecule has 3 atom stereocenters. The van der Waals surface area contributed by atoms with Crippen molar-refractivity contribution in [2.45, 2.75) is 44.8 Å². The van der Waals surface area contributed by atoms with Crippen molar-refractivity contribution in [1.29, 1.82) is 0 Å². The Bertz CT molecular complexity index is 447. The van der Waals surface area contributed by atoms with Gasteiger partial charge in [-0.25, -0.2) is 0 Å². The summed E-state index contributed by atoms with van der Waals surface area (Å²) < 4.78 is 0. The van der Waals surface area contributed by atoms with Gasteiger partial charge in [-0.2, -0.15) is 0 Å². The van der Waals surface area contributed by atoms with Gasteiger partial charge in [0.1, 0.15) is 0 Å². The number of fused-ring (bicyclic) bond motifs is 1. The molecule has 3 unspecified atom stereocenters. The second-order valence-electron chi connectivity index (χ2n) is 6.62. The summed E-state index contributed by atoms with van der Waals surface area (Å²) in [5.74, 6) is 0.522. The summed E-state index contributed by atoms with van der Waals surface area (Å²) in [5, 5.41) is 10.8. The second kappa shape index (κ2) is 7.39. The molecule has 0 radical (unpaired) electrons. The van der Waals surface area contributed by atoms with Gasteiger partial charge in [0, 0.05) is 19.1 Å². The van der Waals surface area contributed by atoms with Crippen molar-refractivity contribution < 1.29 is 5.11 Å². The lowest BCUT2D eigenvalue weighted by Gasteiger charge is -2.41. The van der Waals surface area contributed by atoms with E-state index in [2.05, 4.69) is 55.9 Å². The van der Waals surface area contributed by atoms with Crippen LogP contribution in [0.1, 0.15) is 49.8 Å². The topological polar surface area (TPSA) is 26.7 Å². The van der Waals surface area contributed by atoms with E-state index in [9.17, 15) is 5.11 Å². The van der Waals surface area contributed by atoms with Crippen molar-refractivity contribution in [3.8, 4) is 0 Å². The molecule has 0 saturated carbocycles. The van der Waals surface area contributed by atoms with E-state index in [1.165, 1.54) is 5.56 Å². The fourth-order valence-electron chi connectivity index (χ4n) is 3.46. The molecule has 2 rings (SSSR count). The Hall–Kier alpha value is -0.900. The summed E-state index contributed by atoms with van der Waals surface area (Å²) in [6.45, 7) is 7.63. The maximum absolute atomic E-state index is 10.8. The van der Waals surface area contributed by atoms with Crippen LogP contribution in [0.15, 0.2) is 24.3 Å². The molecule has 0 saturated heterocycles. The lowest BCUT2D eigenvalue weighted by molar-refractivity contribution is 0.0280. The van der Waals surface area contributed by atoms with E-state index in [0.29, 0.717) is 5.92 Å². The molecule has 0 aromatic heterocycles. The molecule has 3 nitrogen and oxygen atoms in total. The monoisotopic (exact) mass is 290 g/mol. The smallest absolute Gasteiger partial charge is 0.0948 e. The molecule has 1 aliphatic carbocycles. The van der Waals surface area contributed by atoms with E-state index >= 15 is 0 Å². The van der Waals surface area contributed by atoms with Crippen molar-refractivity contribution in [3.63, 3.8) is 0 Å².